The third-order valence-corrected chi connectivity index (χ3v) is 12.1. The van der Waals surface area contributed by atoms with Gasteiger partial charge in [0, 0.05) is 33.4 Å². The van der Waals surface area contributed by atoms with Crippen molar-refractivity contribution in [3.05, 3.63) is 230 Å². The Labute approximate surface area is 418 Å². The molecule has 0 aliphatic rings. The second kappa shape index (κ2) is 22.4. The van der Waals surface area contributed by atoms with E-state index in [0.717, 1.165) is 103 Å². The van der Waals surface area contributed by atoms with Crippen molar-refractivity contribution >= 4 is 11.9 Å². The van der Waals surface area contributed by atoms with E-state index in [1.165, 1.54) is 0 Å². The van der Waals surface area contributed by atoms with Crippen LogP contribution in [0.2, 0.25) is 0 Å². The summed E-state index contributed by atoms with van der Waals surface area (Å²) in [6.45, 7) is 3.53. The van der Waals surface area contributed by atoms with Gasteiger partial charge in [-0.1, -0.05) is 196 Å². The van der Waals surface area contributed by atoms with Gasteiger partial charge in [0.15, 0.2) is 13.2 Å². The predicted molar refractivity (Wildman–Crippen MR) is 285 cm³/mol. The molecule has 2 aromatic heterocycles. The minimum absolute atomic E-state index is 0.384. The minimum atomic E-state index is -1.01. The van der Waals surface area contributed by atoms with Crippen LogP contribution in [-0.4, -0.2) is 54.9 Å². The Morgan fingerprint density at radius 2 is 0.722 bits per heavy atom. The van der Waals surface area contributed by atoms with Gasteiger partial charge < -0.3 is 19.7 Å². The fourth-order valence-corrected chi connectivity index (χ4v) is 8.97. The molecule has 0 spiro atoms. The number of carboxylic acid groups (broad SMARTS) is 2. The van der Waals surface area contributed by atoms with Crippen LogP contribution in [0.4, 0.5) is 0 Å². The molecule has 0 aliphatic carbocycles. The standard InChI is InChI=1S/2C31H26N2O3/c2*1-2-27-30(22-12-5-3-6-13-22)31(23-14-7-4-8-15-23)32-33(27)28-19-10-9-18-26(28)24-16-11-17-25(20-24)36-21-29(34)35/h2*3-20H,2,21H2,1H3,(H,34,35). The molecule has 2 heterocycles. The Morgan fingerprint density at radius 3 is 1.07 bits per heavy atom. The van der Waals surface area contributed by atoms with E-state index in [1.807, 2.05) is 119 Å². The van der Waals surface area contributed by atoms with E-state index in [9.17, 15) is 9.59 Å². The number of hydrogen-bond donors (Lipinski definition) is 2. The third kappa shape index (κ3) is 10.6. The molecule has 0 bridgehead atoms. The number of aliphatic carboxylic acids is 2. The highest BCUT2D eigenvalue weighted by molar-refractivity contribution is 5.86. The van der Waals surface area contributed by atoms with Gasteiger partial charge >= 0.3 is 11.9 Å². The molecule has 0 saturated carbocycles. The quantitative estimate of drug-likeness (QED) is 0.0980. The van der Waals surface area contributed by atoms with Gasteiger partial charge in [-0.05, 0) is 71.5 Å². The molecule has 0 fully saturated rings. The zero-order valence-electron chi connectivity index (χ0n) is 39.9. The van der Waals surface area contributed by atoms with Crippen LogP contribution in [0.25, 0.3) is 78.4 Å². The lowest BCUT2D eigenvalue weighted by Crippen LogP contribution is -2.09. The van der Waals surface area contributed by atoms with Crippen molar-refractivity contribution in [1.29, 1.82) is 0 Å². The molecule has 0 atom stereocenters. The minimum Gasteiger partial charge on any atom is -0.482 e. The predicted octanol–water partition coefficient (Wildman–Crippen LogP) is 13.8. The number of benzene rings is 8. The fourth-order valence-electron chi connectivity index (χ4n) is 8.97. The van der Waals surface area contributed by atoms with Gasteiger partial charge in [0.25, 0.3) is 0 Å². The molecule has 10 heteroatoms. The van der Waals surface area contributed by atoms with Crippen molar-refractivity contribution < 1.29 is 29.3 Å². The first-order valence-electron chi connectivity index (χ1n) is 23.9. The Balaban J connectivity index is 0.000000178. The summed E-state index contributed by atoms with van der Waals surface area (Å²) in [5, 5.41) is 28.3. The summed E-state index contributed by atoms with van der Waals surface area (Å²) in [4.78, 5) is 21.9. The number of aromatic nitrogens is 4. The van der Waals surface area contributed by atoms with Crippen LogP contribution in [0.1, 0.15) is 25.2 Å². The first kappa shape index (κ1) is 47.8. The highest BCUT2D eigenvalue weighted by Crippen LogP contribution is 2.40. The lowest BCUT2D eigenvalue weighted by atomic mass is 9.97. The van der Waals surface area contributed by atoms with E-state index in [1.54, 1.807) is 12.1 Å². The van der Waals surface area contributed by atoms with Crippen molar-refractivity contribution in [2.24, 2.45) is 0 Å². The molecular formula is C62H52N4O6. The molecule has 0 amide bonds. The van der Waals surface area contributed by atoms with E-state index >= 15 is 0 Å². The van der Waals surface area contributed by atoms with Crippen LogP contribution >= 0.6 is 0 Å². The number of ether oxygens (including phenoxy) is 2. The SMILES string of the molecule is CCc1c(-c2ccccc2)c(-c2ccccc2)nn1-c1ccccc1-c1cccc(OCC(=O)O)c1.CCc1c(-c2ccccc2)c(-c2ccccc2)nn1-c1ccccc1-c1cccc(OCC(=O)O)c1. The Morgan fingerprint density at radius 1 is 0.403 bits per heavy atom. The van der Waals surface area contributed by atoms with Crippen molar-refractivity contribution in [2.45, 2.75) is 26.7 Å². The summed E-state index contributed by atoms with van der Waals surface area (Å²) in [5.74, 6) is -0.995. The van der Waals surface area contributed by atoms with Crippen LogP contribution in [0.3, 0.4) is 0 Å². The Hall–Kier alpha value is -9.28. The highest BCUT2D eigenvalue weighted by Gasteiger charge is 2.24. The number of para-hydroxylation sites is 2. The van der Waals surface area contributed by atoms with Gasteiger partial charge in [0.2, 0.25) is 0 Å². The summed E-state index contributed by atoms with van der Waals surface area (Å²) in [6, 6.07) is 72.5. The average Bonchev–Trinajstić information content (AvgIpc) is 4.03. The summed E-state index contributed by atoms with van der Waals surface area (Å²) in [6.07, 6.45) is 1.58. The van der Waals surface area contributed by atoms with Gasteiger partial charge in [-0.2, -0.15) is 10.2 Å². The van der Waals surface area contributed by atoms with E-state index in [4.69, 9.17) is 29.9 Å². The molecule has 356 valence electrons. The average molecular weight is 949 g/mol. The van der Waals surface area contributed by atoms with Crippen LogP contribution in [0, 0.1) is 0 Å². The fraction of sp³-hybridized carbons (Fsp3) is 0.0968. The van der Waals surface area contributed by atoms with Crippen molar-refractivity contribution in [3.8, 4) is 89.9 Å². The van der Waals surface area contributed by atoms with Gasteiger partial charge in [-0.3, -0.25) is 0 Å². The van der Waals surface area contributed by atoms with Crippen molar-refractivity contribution in [3.63, 3.8) is 0 Å². The van der Waals surface area contributed by atoms with E-state index in [2.05, 4.69) is 111 Å². The van der Waals surface area contributed by atoms with Crippen LogP contribution in [0.15, 0.2) is 218 Å². The van der Waals surface area contributed by atoms with Gasteiger partial charge in [-0.25, -0.2) is 19.0 Å². The summed E-state index contributed by atoms with van der Waals surface area (Å²) in [7, 11) is 0. The number of carbonyl (C=O) groups is 2. The molecular weight excluding hydrogens is 897 g/mol. The van der Waals surface area contributed by atoms with Crippen LogP contribution in [-0.2, 0) is 22.4 Å². The molecule has 8 aromatic carbocycles. The zero-order valence-corrected chi connectivity index (χ0v) is 39.9. The maximum absolute atomic E-state index is 11.0. The van der Waals surface area contributed by atoms with Crippen molar-refractivity contribution in [1.82, 2.24) is 19.6 Å². The molecule has 0 saturated heterocycles. The maximum Gasteiger partial charge on any atom is 0.341 e. The Bertz CT molecular complexity index is 3210. The topological polar surface area (TPSA) is 129 Å². The molecule has 10 aromatic rings. The maximum atomic E-state index is 11.0. The van der Waals surface area contributed by atoms with Crippen molar-refractivity contribution in [2.75, 3.05) is 13.2 Å². The molecule has 10 nitrogen and oxygen atoms in total. The van der Waals surface area contributed by atoms with Gasteiger partial charge in [0.1, 0.15) is 22.9 Å². The van der Waals surface area contributed by atoms with E-state index in [0.29, 0.717) is 11.5 Å². The largest absolute Gasteiger partial charge is 0.482 e. The smallest absolute Gasteiger partial charge is 0.341 e. The second-order valence-electron chi connectivity index (χ2n) is 16.8. The summed E-state index contributed by atoms with van der Waals surface area (Å²) < 4.78 is 15.0. The summed E-state index contributed by atoms with van der Waals surface area (Å²) >= 11 is 0. The number of nitrogens with zero attached hydrogens (tertiary/aromatic N) is 4. The molecule has 0 aliphatic heterocycles. The summed E-state index contributed by atoms with van der Waals surface area (Å²) in [5.41, 5.74) is 16.4. The van der Waals surface area contributed by atoms with E-state index in [-0.39, 0.29) is 13.2 Å². The molecule has 0 radical (unpaired) electrons. The van der Waals surface area contributed by atoms with E-state index < -0.39 is 11.9 Å². The van der Waals surface area contributed by atoms with Crippen LogP contribution in [0.5, 0.6) is 11.5 Å². The Kier molecular flexibility index (Phi) is 14.9. The highest BCUT2D eigenvalue weighted by atomic mass is 16.5. The third-order valence-electron chi connectivity index (χ3n) is 12.1. The first-order valence-corrected chi connectivity index (χ1v) is 23.9. The first-order chi connectivity index (χ1) is 35.3. The molecule has 72 heavy (non-hydrogen) atoms. The number of hydrogen-bond acceptors (Lipinski definition) is 6. The zero-order chi connectivity index (χ0) is 49.8. The second-order valence-corrected chi connectivity index (χ2v) is 16.8. The molecule has 10 rings (SSSR count). The number of rotatable bonds is 16. The lowest BCUT2D eigenvalue weighted by molar-refractivity contribution is -0.140. The number of carboxylic acids is 2. The van der Waals surface area contributed by atoms with Gasteiger partial charge in [0.05, 0.1) is 22.8 Å². The molecule has 2 N–H and O–H groups in total. The van der Waals surface area contributed by atoms with Crippen LogP contribution < -0.4 is 9.47 Å². The monoisotopic (exact) mass is 948 g/mol. The normalized spacial score (nSPS) is 10.8. The molecule has 0 unspecified atom stereocenters. The van der Waals surface area contributed by atoms with Gasteiger partial charge in [-0.15, -0.1) is 0 Å². The lowest BCUT2D eigenvalue weighted by Gasteiger charge is -2.14.